The van der Waals surface area contributed by atoms with E-state index in [4.69, 9.17) is 4.84 Å². The normalized spacial score (nSPS) is 19.7. The van der Waals surface area contributed by atoms with Gasteiger partial charge in [0.25, 0.3) is 0 Å². The van der Waals surface area contributed by atoms with Gasteiger partial charge >= 0.3 is 6.36 Å². The molecule has 1 fully saturated rings. The number of hydrogen-bond acceptors (Lipinski definition) is 7. The van der Waals surface area contributed by atoms with Gasteiger partial charge in [-0.15, -0.1) is 18.4 Å². The second-order valence-corrected chi connectivity index (χ2v) is 8.06. The van der Waals surface area contributed by atoms with Crippen LogP contribution in [0.3, 0.4) is 0 Å². The summed E-state index contributed by atoms with van der Waals surface area (Å²) in [6.45, 7) is 7.81. The van der Waals surface area contributed by atoms with Gasteiger partial charge in [-0.3, -0.25) is 10.4 Å². The summed E-state index contributed by atoms with van der Waals surface area (Å²) in [4.78, 5) is 7.59. The Bertz CT molecular complexity index is 1030. The molecule has 0 bridgehead atoms. The Hall–Kier alpha value is -3.24. The summed E-state index contributed by atoms with van der Waals surface area (Å²) in [6.07, 6.45) is 3.97. The Balaban J connectivity index is 1.84. The van der Waals surface area contributed by atoms with Gasteiger partial charge in [0.05, 0.1) is 11.4 Å². The maximum absolute atomic E-state index is 12.8. The molecule has 0 amide bonds. The highest BCUT2D eigenvalue weighted by Crippen LogP contribution is 2.36. The lowest BCUT2D eigenvalue weighted by atomic mass is 10.0. The molecule has 7 nitrogen and oxygen atoms in total. The highest BCUT2D eigenvalue weighted by Gasteiger charge is 2.33. The van der Waals surface area contributed by atoms with Crippen LogP contribution in [0.15, 0.2) is 65.6 Å². The molecule has 0 radical (unpaired) electrons. The van der Waals surface area contributed by atoms with Crippen molar-refractivity contribution >= 4 is 22.8 Å². The lowest BCUT2D eigenvalue weighted by Crippen LogP contribution is -2.38. The molecular formula is C24H28F3N3O4. The van der Waals surface area contributed by atoms with E-state index in [1.54, 1.807) is 24.3 Å². The van der Waals surface area contributed by atoms with Crippen molar-refractivity contribution < 1.29 is 33.2 Å². The van der Waals surface area contributed by atoms with E-state index in [0.717, 1.165) is 31.9 Å². The van der Waals surface area contributed by atoms with Crippen LogP contribution in [0.5, 0.6) is 0 Å². The Labute approximate surface area is 196 Å². The molecule has 1 atom stereocenters. The number of alkyl halides is 3. The van der Waals surface area contributed by atoms with Crippen LogP contribution >= 0.6 is 0 Å². The minimum absolute atomic E-state index is 0.0812. The number of anilines is 2. The summed E-state index contributed by atoms with van der Waals surface area (Å²) in [5.74, 6) is -0.0668. The van der Waals surface area contributed by atoms with Crippen molar-refractivity contribution in [1.82, 2.24) is 0 Å². The Kier molecular flexibility index (Phi) is 8.06. The molecule has 1 aromatic rings. The summed E-state index contributed by atoms with van der Waals surface area (Å²) in [5, 5.41) is 23.7. The standard InChI is InChI=1S/C24H28F3N3O4/c1-4-5-9-22(33-24(25,26)27)17(3)19-11-13-23(34-28-19)18-10-12-20(21(15-18)30(31)32)29-14-7-6-8-16(29)2/h4-5,9-10,12-13,15-16,31-32H,1,6-8,11,14H2,2-3H3/b9-5-,22-17-. The van der Waals surface area contributed by atoms with Crippen LogP contribution in [0.2, 0.25) is 0 Å². The summed E-state index contributed by atoms with van der Waals surface area (Å²) in [7, 11) is 0. The van der Waals surface area contributed by atoms with Crippen LogP contribution in [0.1, 0.15) is 45.1 Å². The smallest absolute Gasteiger partial charge is 0.405 e. The zero-order valence-corrected chi connectivity index (χ0v) is 19.0. The molecule has 0 saturated carbocycles. The van der Waals surface area contributed by atoms with Gasteiger partial charge in [-0.25, -0.2) is 0 Å². The van der Waals surface area contributed by atoms with Crippen molar-refractivity contribution in [2.75, 3.05) is 16.7 Å². The maximum atomic E-state index is 12.8. The van der Waals surface area contributed by atoms with E-state index in [0.29, 0.717) is 17.0 Å². The number of halogens is 3. The zero-order valence-electron chi connectivity index (χ0n) is 19.0. The lowest BCUT2D eigenvalue weighted by molar-refractivity contribution is -0.303. The molecule has 184 valence electrons. The van der Waals surface area contributed by atoms with E-state index in [9.17, 15) is 23.6 Å². The zero-order chi connectivity index (χ0) is 24.9. The molecule has 1 unspecified atom stereocenters. The Morgan fingerprint density at radius 3 is 2.68 bits per heavy atom. The summed E-state index contributed by atoms with van der Waals surface area (Å²) in [5.41, 5.74) is 1.85. The van der Waals surface area contributed by atoms with Gasteiger partial charge in [0.1, 0.15) is 11.4 Å². The van der Waals surface area contributed by atoms with E-state index in [2.05, 4.69) is 28.3 Å². The van der Waals surface area contributed by atoms with Crippen molar-refractivity contribution in [1.29, 1.82) is 0 Å². The molecule has 0 aromatic heterocycles. The van der Waals surface area contributed by atoms with Gasteiger partial charge in [0, 0.05) is 30.1 Å². The van der Waals surface area contributed by atoms with Crippen molar-refractivity contribution in [3.63, 3.8) is 0 Å². The first-order valence-electron chi connectivity index (χ1n) is 10.9. The van der Waals surface area contributed by atoms with E-state index >= 15 is 0 Å². The summed E-state index contributed by atoms with van der Waals surface area (Å²) < 4.78 is 42.5. The quantitative estimate of drug-likeness (QED) is 0.271. The van der Waals surface area contributed by atoms with E-state index in [1.807, 2.05) is 0 Å². The Morgan fingerprint density at radius 1 is 1.32 bits per heavy atom. The van der Waals surface area contributed by atoms with Gasteiger partial charge in [0.15, 0.2) is 5.76 Å². The number of piperidine rings is 1. The average Bonchev–Trinajstić information content (AvgIpc) is 2.80. The van der Waals surface area contributed by atoms with Crippen LogP contribution in [0.4, 0.5) is 24.5 Å². The predicted molar refractivity (Wildman–Crippen MR) is 123 cm³/mol. The minimum atomic E-state index is -4.86. The Morgan fingerprint density at radius 2 is 2.09 bits per heavy atom. The third-order valence-corrected chi connectivity index (χ3v) is 5.73. The highest BCUT2D eigenvalue weighted by molar-refractivity contribution is 6.02. The van der Waals surface area contributed by atoms with Crippen molar-refractivity contribution in [3.05, 3.63) is 66.0 Å². The van der Waals surface area contributed by atoms with Gasteiger partial charge in [0.2, 0.25) is 0 Å². The number of nitrogens with zero attached hydrogens (tertiary/aromatic N) is 3. The fourth-order valence-corrected chi connectivity index (χ4v) is 3.95. The monoisotopic (exact) mass is 479 g/mol. The largest absolute Gasteiger partial charge is 0.573 e. The number of ether oxygens (including phenoxy) is 1. The van der Waals surface area contributed by atoms with Crippen LogP contribution < -0.4 is 10.1 Å². The van der Waals surface area contributed by atoms with Crippen LogP contribution in [0, 0.1) is 0 Å². The summed E-state index contributed by atoms with van der Waals surface area (Å²) in [6, 6.07) is 5.39. The van der Waals surface area contributed by atoms with Gasteiger partial charge < -0.3 is 14.5 Å². The molecule has 0 spiro atoms. The predicted octanol–water partition coefficient (Wildman–Crippen LogP) is 6.32. The lowest BCUT2D eigenvalue weighted by Gasteiger charge is -2.37. The SMILES string of the molecule is C=C/C=C\C(OC(F)(F)F)=C(/C)C1=NOC(c2ccc(N3CCCCC3C)c(N(O)O)c2)=CC1. The highest BCUT2D eigenvalue weighted by atomic mass is 19.4. The fraction of sp³-hybridized carbons (Fsp3) is 0.375. The van der Waals surface area contributed by atoms with Gasteiger partial charge in [-0.05, 0) is 63.5 Å². The first kappa shape index (κ1) is 25.4. The molecule has 0 aliphatic carbocycles. The average molecular weight is 479 g/mol. The van der Waals surface area contributed by atoms with E-state index in [1.165, 1.54) is 19.1 Å². The van der Waals surface area contributed by atoms with Crippen molar-refractivity contribution in [2.45, 2.75) is 51.9 Å². The third-order valence-electron chi connectivity index (χ3n) is 5.73. The first-order valence-corrected chi connectivity index (χ1v) is 10.9. The van der Waals surface area contributed by atoms with Crippen molar-refractivity contribution in [2.24, 2.45) is 5.16 Å². The minimum Gasteiger partial charge on any atom is -0.405 e. The van der Waals surface area contributed by atoms with Crippen molar-refractivity contribution in [3.8, 4) is 0 Å². The third kappa shape index (κ3) is 6.21. The maximum Gasteiger partial charge on any atom is 0.573 e. The number of benzene rings is 1. The molecule has 3 rings (SSSR count). The van der Waals surface area contributed by atoms with E-state index < -0.39 is 12.1 Å². The number of allylic oxidation sites excluding steroid dienone is 5. The molecule has 2 N–H and O–H groups in total. The van der Waals surface area contributed by atoms with Crippen LogP contribution in [0.25, 0.3) is 5.76 Å². The molecule has 1 saturated heterocycles. The molecule has 2 aliphatic rings. The summed E-state index contributed by atoms with van der Waals surface area (Å²) >= 11 is 0. The first-order chi connectivity index (χ1) is 16.1. The molecular weight excluding hydrogens is 451 g/mol. The van der Waals surface area contributed by atoms with Gasteiger partial charge in [-0.1, -0.05) is 23.9 Å². The number of oxime groups is 1. The molecule has 2 aliphatic heterocycles. The molecule has 1 aromatic carbocycles. The fourth-order valence-electron chi connectivity index (χ4n) is 3.95. The number of rotatable bonds is 7. The van der Waals surface area contributed by atoms with E-state index in [-0.39, 0.29) is 34.7 Å². The molecule has 34 heavy (non-hydrogen) atoms. The molecule has 2 heterocycles. The number of hydrogen-bond donors (Lipinski definition) is 2. The van der Waals surface area contributed by atoms with Crippen LogP contribution in [-0.4, -0.2) is 35.1 Å². The topological polar surface area (TPSA) is 77.8 Å². The van der Waals surface area contributed by atoms with Gasteiger partial charge in [-0.2, -0.15) is 0 Å². The molecule has 10 heteroatoms. The van der Waals surface area contributed by atoms with Crippen LogP contribution in [-0.2, 0) is 9.57 Å². The second-order valence-electron chi connectivity index (χ2n) is 8.06. The second kappa shape index (κ2) is 10.8.